The number of fused-ring (bicyclic) bond motifs is 1. The SMILES string of the molecule is c1ccc2cc(N3CCOCC3)ncc2c1. The predicted octanol–water partition coefficient (Wildman–Crippen LogP) is 2.07. The quantitative estimate of drug-likeness (QED) is 0.726. The van der Waals surface area contributed by atoms with Crippen LogP contribution in [-0.2, 0) is 4.74 Å². The van der Waals surface area contributed by atoms with Crippen LogP contribution in [0.2, 0.25) is 0 Å². The van der Waals surface area contributed by atoms with Crippen LogP contribution in [0, 0.1) is 0 Å². The van der Waals surface area contributed by atoms with E-state index in [1.807, 2.05) is 12.3 Å². The van der Waals surface area contributed by atoms with Gasteiger partial charge in [0.2, 0.25) is 0 Å². The van der Waals surface area contributed by atoms with Crippen LogP contribution in [0.5, 0.6) is 0 Å². The van der Waals surface area contributed by atoms with Crippen molar-refractivity contribution in [2.45, 2.75) is 0 Å². The molecule has 0 unspecified atom stereocenters. The van der Waals surface area contributed by atoms with Crippen molar-refractivity contribution < 1.29 is 4.74 Å². The van der Waals surface area contributed by atoms with E-state index < -0.39 is 0 Å². The van der Waals surface area contributed by atoms with Crippen LogP contribution in [-0.4, -0.2) is 31.3 Å². The van der Waals surface area contributed by atoms with Gasteiger partial charge in [0.25, 0.3) is 0 Å². The fourth-order valence-electron chi connectivity index (χ4n) is 2.04. The molecule has 0 atom stereocenters. The van der Waals surface area contributed by atoms with Gasteiger partial charge < -0.3 is 9.64 Å². The highest BCUT2D eigenvalue weighted by Gasteiger charge is 2.12. The molecular formula is C13H14N2O. The average Bonchev–Trinajstić information content (AvgIpc) is 2.39. The molecule has 0 N–H and O–H groups in total. The third-order valence-corrected chi connectivity index (χ3v) is 2.95. The van der Waals surface area contributed by atoms with Crippen molar-refractivity contribution in [2.75, 3.05) is 31.2 Å². The number of anilines is 1. The molecule has 3 heteroatoms. The molecule has 1 aromatic heterocycles. The maximum absolute atomic E-state index is 5.34. The van der Waals surface area contributed by atoms with Gasteiger partial charge in [-0.15, -0.1) is 0 Å². The average molecular weight is 214 g/mol. The fourth-order valence-corrected chi connectivity index (χ4v) is 2.04. The van der Waals surface area contributed by atoms with Crippen LogP contribution in [0.3, 0.4) is 0 Å². The maximum atomic E-state index is 5.34. The number of hydrogen-bond donors (Lipinski definition) is 0. The van der Waals surface area contributed by atoms with Crippen LogP contribution in [0.1, 0.15) is 0 Å². The summed E-state index contributed by atoms with van der Waals surface area (Å²) in [4.78, 5) is 6.77. The maximum Gasteiger partial charge on any atom is 0.129 e. The first-order valence-electron chi connectivity index (χ1n) is 5.61. The summed E-state index contributed by atoms with van der Waals surface area (Å²) in [5, 5.41) is 2.44. The highest BCUT2D eigenvalue weighted by molar-refractivity contribution is 5.83. The van der Waals surface area contributed by atoms with Gasteiger partial charge in [0.15, 0.2) is 0 Å². The van der Waals surface area contributed by atoms with Crippen molar-refractivity contribution in [1.29, 1.82) is 0 Å². The van der Waals surface area contributed by atoms with Gasteiger partial charge in [-0.3, -0.25) is 0 Å². The lowest BCUT2D eigenvalue weighted by atomic mass is 10.2. The molecule has 0 amide bonds. The van der Waals surface area contributed by atoms with Crippen LogP contribution in [0.15, 0.2) is 36.5 Å². The Labute approximate surface area is 94.7 Å². The van der Waals surface area contributed by atoms with E-state index in [9.17, 15) is 0 Å². The summed E-state index contributed by atoms with van der Waals surface area (Å²) in [6.45, 7) is 3.47. The van der Waals surface area contributed by atoms with Gasteiger partial charge in [-0.05, 0) is 11.5 Å². The van der Waals surface area contributed by atoms with E-state index in [1.54, 1.807) is 0 Å². The summed E-state index contributed by atoms with van der Waals surface area (Å²) in [6.07, 6.45) is 1.94. The molecule has 0 bridgehead atoms. The highest BCUT2D eigenvalue weighted by atomic mass is 16.5. The Hall–Kier alpha value is -1.61. The number of morpholine rings is 1. The number of aromatic nitrogens is 1. The standard InChI is InChI=1S/C13H14N2O/c1-2-4-12-10-14-13(9-11(12)3-1)15-5-7-16-8-6-15/h1-4,9-10H,5-8H2. The van der Waals surface area contributed by atoms with Gasteiger partial charge in [-0.2, -0.15) is 0 Å². The first-order valence-corrected chi connectivity index (χ1v) is 5.61. The zero-order chi connectivity index (χ0) is 10.8. The molecule has 1 aliphatic rings. The van der Waals surface area contributed by atoms with Crippen molar-refractivity contribution in [3.05, 3.63) is 36.5 Å². The Morgan fingerprint density at radius 3 is 2.62 bits per heavy atom. The molecule has 1 saturated heterocycles. The molecule has 3 nitrogen and oxygen atoms in total. The lowest BCUT2D eigenvalue weighted by Crippen LogP contribution is -2.36. The summed E-state index contributed by atoms with van der Waals surface area (Å²) < 4.78 is 5.34. The molecular weight excluding hydrogens is 200 g/mol. The Kier molecular flexibility index (Phi) is 2.46. The van der Waals surface area contributed by atoms with E-state index in [1.165, 1.54) is 10.8 Å². The number of pyridine rings is 1. The lowest BCUT2D eigenvalue weighted by Gasteiger charge is -2.27. The molecule has 1 aliphatic heterocycles. The number of ether oxygens (including phenoxy) is 1. The smallest absolute Gasteiger partial charge is 0.129 e. The number of rotatable bonds is 1. The molecule has 2 heterocycles. The van der Waals surface area contributed by atoms with Crippen molar-refractivity contribution >= 4 is 16.6 Å². The lowest BCUT2D eigenvalue weighted by molar-refractivity contribution is 0.122. The second-order valence-electron chi connectivity index (χ2n) is 3.99. The number of benzene rings is 1. The van der Waals surface area contributed by atoms with Gasteiger partial charge in [0, 0.05) is 24.7 Å². The number of hydrogen-bond acceptors (Lipinski definition) is 3. The largest absolute Gasteiger partial charge is 0.378 e. The van der Waals surface area contributed by atoms with Crippen LogP contribution in [0.4, 0.5) is 5.82 Å². The molecule has 1 fully saturated rings. The van der Waals surface area contributed by atoms with Crippen molar-refractivity contribution in [3.8, 4) is 0 Å². The predicted molar refractivity (Wildman–Crippen MR) is 64.8 cm³/mol. The summed E-state index contributed by atoms with van der Waals surface area (Å²) in [5.41, 5.74) is 0. The summed E-state index contributed by atoms with van der Waals surface area (Å²) in [7, 11) is 0. The normalized spacial score (nSPS) is 16.6. The molecule has 82 valence electrons. The molecule has 0 aliphatic carbocycles. The fraction of sp³-hybridized carbons (Fsp3) is 0.308. The third-order valence-electron chi connectivity index (χ3n) is 2.95. The zero-order valence-electron chi connectivity index (χ0n) is 9.10. The molecule has 2 aromatic rings. The Morgan fingerprint density at radius 2 is 1.81 bits per heavy atom. The summed E-state index contributed by atoms with van der Waals surface area (Å²) >= 11 is 0. The minimum atomic E-state index is 0.800. The Bertz CT molecular complexity index is 492. The zero-order valence-corrected chi connectivity index (χ0v) is 9.10. The molecule has 1 aromatic carbocycles. The van der Waals surface area contributed by atoms with Crippen molar-refractivity contribution in [2.24, 2.45) is 0 Å². The third kappa shape index (κ3) is 1.74. The van der Waals surface area contributed by atoms with E-state index in [0.29, 0.717) is 0 Å². The summed E-state index contributed by atoms with van der Waals surface area (Å²) in [6, 6.07) is 10.5. The first-order chi connectivity index (χ1) is 7.93. The van der Waals surface area contributed by atoms with Gasteiger partial charge >= 0.3 is 0 Å². The molecule has 0 spiro atoms. The highest BCUT2D eigenvalue weighted by Crippen LogP contribution is 2.19. The second kappa shape index (κ2) is 4.10. The Balaban J connectivity index is 1.97. The van der Waals surface area contributed by atoms with E-state index in [2.05, 4.69) is 34.1 Å². The van der Waals surface area contributed by atoms with Gasteiger partial charge in [-0.25, -0.2) is 4.98 Å². The molecule has 0 radical (unpaired) electrons. The second-order valence-corrected chi connectivity index (χ2v) is 3.99. The van der Waals surface area contributed by atoms with E-state index in [0.717, 1.165) is 32.1 Å². The molecule has 3 rings (SSSR count). The summed E-state index contributed by atoms with van der Waals surface area (Å²) in [5.74, 6) is 1.06. The minimum absolute atomic E-state index is 0.800. The van der Waals surface area contributed by atoms with Gasteiger partial charge in [-0.1, -0.05) is 24.3 Å². The van der Waals surface area contributed by atoms with Crippen molar-refractivity contribution in [3.63, 3.8) is 0 Å². The van der Waals surface area contributed by atoms with E-state index in [-0.39, 0.29) is 0 Å². The van der Waals surface area contributed by atoms with E-state index >= 15 is 0 Å². The minimum Gasteiger partial charge on any atom is -0.378 e. The monoisotopic (exact) mass is 214 g/mol. The van der Waals surface area contributed by atoms with E-state index in [4.69, 9.17) is 4.74 Å². The topological polar surface area (TPSA) is 25.4 Å². The van der Waals surface area contributed by atoms with Crippen LogP contribution >= 0.6 is 0 Å². The molecule has 0 saturated carbocycles. The molecule has 16 heavy (non-hydrogen) atoms. The Morgan fingerprint density at radius 1 is 1.06 bits per heavy atom. The first kappa shape index (κ1) is 9.60. The van der Waals surface area contributed by atoms with Gasteiger partial charge in [0.1, 0.15) is 5.82 Å². The van der Waals surface area contributed by atoms with Crippen LogP contribution < -0.4 is 4.90 Å². The number of nitrogens with zero attached hydrogens (tertiary/aromatic N) is 2. The van der Waals surface area contributed by atoms with Crippen molar-refractivity contribution in [1.82, 2.24) is 4.98 Å². The van der Waals surface area contributed by atoms with Crippen LogP contribution in [0.25, 0.3) is 10.8 Å². The van der Waals surface area contributed by atoms with Gasteiger partial charge in [0.05, 0.1) is 13.2 Å².